The van der Waals surface area contributed by atoms with Crippen molar-refractivity contribution in [2.24, 2.45) is 0 Å². The highest BCUT2D eigenvalue weighted by Gasteiger charge is 2.48. The maximum absolute atomic E-state index is 13.5. The minimum atomic E-state index is -5.13. The van der Waals surface area contributed by atoms with Gasteiger partial charge in [-0.15, -0.1) is 0 Å². The number of anilines is 2. The number of nitrogens with one attached hydrogen (secondary N) is 1. The molecule has 1 N–H and O–H groups in total. The molecule has 2 heterocycles. The number of hydrogen-bond acceptors (Lipinski definition) is 6. The molecule has 8 nitrogen and oxygen atoms in total. The summed E-state index contributed by atoms with van der Waals surface area (Å²) in [6.45, 7) is 7.21. The van der Waals surface area contributed by atoms with Gasteiger partial charge in [0.05, 0.1) is 18.8 Å². The topological polar surface area (TPSA) is 88.2 Å². The van der Waals surface area contributed by atoms with Gasteiger partial charge < -0.3 is 24.6 Å². The second kappa shape index (κ2) is 10.6. The van der Waals surface area contributed by atoms with Crippen molar-refractivity contribution in [1.29, 1.82) is 0 Å². The van der Waals surface area contributed by atoms with Crippen LogP contribution >= 0.6 is 0 Å². The van der Waals surface area contributed by atoms with Crippen LogP contribution in [-0.2, 0) is 25.5 Å². The van der Waals surface area contributed by atoms with E-state index >= 15 is 0 Å². The lowest BCUT2D eigenvalue weighted by atomic mass is 9.89. The van der Waals surface area contributed by atoms with Gasteiger partial charge in [0.1, 0.15) is 11.6 Å². The van der Waals surface area contributed by atoms with Gasteiger partial charge >= 0.3 is 18.1 Å². The monoisotopic (exact) mass is 533 g/mol. The molecule has 2 aromatic carbocycles. The van der Waals surface area contributed by atoms with E-state index in [0.717, 1.165) is 11.3 Å². The smallest absolute Gasteiger partial charge is 0.456 e. The van der Waals surface area contributed by atoms with Crippen molar-refractivity contribution in [2.45, 2.75) is 45.0 Å². The number of fused-ring (bicyclic) bond motifs is 1. The Kier molecular flexibility index (Phi) is 7.68. The average Bonchev–Trinajstić information content (AvgIpc) is 2.86. The lowest BCUT2D eigenvalue weighted by Gasteiger charge is -2.39. The van der Waals surface area contributed by atoms with Gasteiger partial charge in [-0.05, 0) is 68.7 Å². The molecule has 204 valence electrons. The zero-order valence-corrected chi connectivity index (χ0v) is 21.4. The Labute approximate surface area is 218 Å². The number of amides is 2. The molecule has 1 saturated heterocycles. The molecule has 0 aliphatic carbocycles. The first-order chi connectivity index (χ1) is 17.8. The quantitative estimate of drug-likeness (QED) is 0.596. The molecule has 0 aromatic heterocycles. The summed E-state index contributed by atoms with van der Waals surface area (Å²) in [5.41, 5.74) is 1.74. The van der Waals surface area contributed by atoms with E-state index in [0.29, 0.717) is 36.8 Å². The summed E-state index contributed by atoms with van der Waals surface area (Å²) in [7, 11) is 0. The van der Waals surface area contributed by atoms with Crippen LogP contribution in [0.3, 0.4) is 0 Å². The van der Waals surface area contributed by atoms with Crippen molar-refractivity contribution in [3.63, 3.8) is 0 Å². The summed E-state index contributed by atoms with van der Waals surface area (Å²) < 4.78 is 51.2. The number of esters is 1. The number of benzene rings is 2. The van der Waals surface area contributed by atoms with E-state index in [9.17, 15) is 27.6 Å². The fourth-order valence-electron chi connectivity index (χ4n) is 4.65. The Morgan fingerprint density at radius 2 is 1.63 bits per heavy atom. The van der Waals surface area contributed by atoms with Gasteiger partial charge in [-0.25, -0.2) is 4.79 Å². The molecule has 0 bridgehead atoms. The number of halogens is 3. The molecule has 38 heavy (non-hydrogen) atoms. The summed E-state index contributed by atoms with van der Waals surface area (Å²) >= 11 is 0. The summed E-state index contributed by atoms with van der Waals surface area (Å²) in [5.74, 6) is -3.40. The maximum atomic E-state index is 13.5. The number of alkyl halides is 3. The first-order valence-electron chi connectivity index (χ1n) is 12.3. The van der Waals surface area contributed by atoms with Crippen molar-refractivity contribution in [3.8, 4) is 0 Å². The van der Waals surface area contributed by atoms with Crippen LogP contribution in [0.15, 0.2) is 42.5 Å². The van der Waals surface area contributed by atoms with E-state index in [2.05, 4.69) is 10.2 Å². The van der Waals surface area contributed by atoms with Gasteiger partial charge in [0.25, 0.3) is 5.91 Å². The zero-order chi connectivity index (χ0) is 27.7. The number of morpholine rings is 1. The molecule has 0 spiro atoms. The molecule has 2 amide bonds. The zero-order valence-electron chi connectivity index (χ0n) is 21.4. The van der Waals surface area contributed by atoms with Gasteiger partial charge in [0.2, 0.25) is 0 Å². The number of rotatable bonds is 4. The second-order valence-electron chi connectivity index (χ2n) is 10.2. The molecule has 4 rings (SSSR count). The van der Waals surface area contributed by atoms with E-state index in [4.69, 9.17) is 9.47 Å². The SMILES string of the molecule is CC(C)(C)OC(=O)c1ccc(NC(=O)C2c3cccc(N4CCOCC4)c3CCN2C(=O)C(F)(F)F)cc1. The molecule has 2 aliphatic rings. The Bertz CT molecular complexity index is 1200. The van der Waals surface area contributed by atoms with Crippen LogP contribution in [0.2, 0.25) is 0 Å². The third-order valence-electron chi connectivity index (χ3n) is 6.29. The van der Waals surface area contributed by atoms with Crippen LogP contribution in [0.25, 0.3) is 0 Å². The van der Waals surface area contributed by atoms with Crippen molar-refractivity contribution in [3.05, 3.63) is 59.2 Å². The Balaban J connectivity index is 1.63. The molecule has 11 heteroatoms. The van der Waals surface area contributed by atoms with Gasteiger partial charge in [0.15, 0.2) is 0 Å². The minimum absolute atomic E-state index is 0.180. The van der Waals surface area contributed by atoms with Gasteiger partial charge in [-0.2, -0.15) is 13.2 Å². The number of carbonyl (C=O) groups is 3. The van der Waals surface area contributed by atoms with Crippen molar-refractivity contribution in [1.82, 2.24) is 4.90 Å². The van der Waals surface area contributed by atoms with E-state index in [1.165, 1.54) is 24.3 Å². The lowest BCUT2D eigenvalue weighted by molar-refractivity contribution is -0.188. The first-order valence-corrected chi connectivity index (χ1v) is 12.3. The van der Waals surface area contributed by atoms with Crippen LogP contribution in [0.1, 0.15) is 48.3 Å². The highest BCUT2D eigenvalue weighted by atomic mass is 19.4. The summed E-state index contributed by atoms with van der Waals surface area (Å²) in [4.78, 5) is 40.8. The van der Waals surface area contributed by atoms with Crippen LogP contribution in [0.5, 0.6) is 0 Å². The normalized spacial score (nSPS) is 18.0. The second-order valence-corrected chi connectivity index (χ2v) is 10.2. The highest BCUT2D eigenvalue weighted by Crippen LogP contribution is 2.38. The molecule has 2 aliphatic heterocycles. The van der Waals surface area contributed by atoms with E-state index in [-0.39, 0.29) is 24.2 Å². The van der Waals surface area contributed by atoms with E-state index in [1.54, 1.807) is 32.9 Å². The average molecular weight is 534 g/mol. The maximum Gasteiger partial charge on any atom is 0.471 e. The van der Waals surface area contributed by atoms with Crippen LogP contribution < -0.4 is 10.2 Å². The predicted molar refractivity (Wildman–Crippen MR) is 134 cm³/mol. The summed E-state index contributed by atoms with van der Waals surface area (Å²) in [6.07, 6.45) is -4.95. The van der Waals surface area contributed by atoms with Gasteiger partial charge in [-0.3, -0.25) is 9.59 Å². The molecule has 2 aromatic rings. The van der Waals surface area contributed by atoms with Crippen LogP contribution in [0, 0.1) is 0 Å². The third kappa shape index (κ3) is 6.09. The predicted octanol–water partition coefficient (Wildman–Crippen LogP) is 4.11. The fraction of sp³-hybridized carbons (Fsp3) is 0.444. The van der Waals surface area contributed by atoms with Crippen molar-refractivity contribution in [2.75, 3.05) is 43.1 Å². The molecule has 0 radical (unpaired) electrons. The number of ether oxygens (including phenoxy) is 2. The standard InChI is InChI=1S/C27H30F3N3O5/c1-26(2,3)38-24(35)17-7-9-18(10-8-17)31-23(34)22-20-5-4-6-21(32-13-15-37-16-14-32)19(20)11-12-33(22)25(36)27(28,29)30/h4-10,22H,11-16H2,1-3H3,(H,31,34). The van der Waals surface area contributed by atoms with Crippen LogP contribution in [-0.4, -0.2) is 67.3 Å². The fourth-order valence-corrected chi connectivity index (χ4v) is 4.65. The van der Waals surface area contributed by atoms with Crippen LogP contribution in [0.4, 0.5) is 24.5 Å². The van der Waals surface area contributed by atoms with E-state index in [1.807, 2.05) is 6.07 Å². The molecular formula is C27H30F3N3O5. The summed E-state index contributed by atoms with van der Waals surface area (Å²) in [5, 5.41) is 2.62. The molecule has 0 saturated carbocycles. The van der Waals surface area contributed by atoms with Gasteiger partial charge in [0, 0.05) is 31.0 Å². The van der Waals surface area contributed by atoms with Crippen molar-refractivity contribution >= 4 is 29.2 Å². The van der Waals surface area contributed by atoms with Crippen molar-refractivity contribution < 1.29 is 37.0 Å². The number of hydrogen-bond donors (Lipinski definition) is 1. The Morgan fingerprint density at radius 3 is 2.24 bits per heavy atom. The molecule has 1 atom stereocenters. The molecular weight excluding hydrogens is 503 g/mol. The molecule has 1 fully saturated rings. The van der Waals surface area contributed by atoms with Gasteiger partial charge in [-0.1, -0.05) is 12.1 Å². The molecule has 1 unspecified atom stereocenters. The lowest BCUT2D eigenvalue weighted by Crippen LogP contribution is -2.50. The Hall–Kier alpha value is -3.60. The Morgan fingerprint density at radius 1 is 0.974 bits per heavy atom. The largest absolute Gasteiger partial charge is 0.471 e. The number of nitrogens with zero attached hydrogens (tertiary/aromatic N) is 2. The third-order valence-corrected chi connectivity index (χ3v) is 6.29. The number of carbonyl (C=O) groups excluding carboxylic acids is 3. The first kappa shape index (κ1) is 27.4. The van der Waals surface area contributed by atoms with E-state index < -0.39 is 35.6 Å². The minimum Gasteiger partial charge on any atom is -0.456 e. The summed E-state index contributed by atoms with van der Waals surface area (Å²) in [6, 6.07) is 9.48. The highest BCUT2D eigenvalue weighted by molar-refractivity contribution is 6.00.